The Balaban J connectivity index is 1.70. The molecule has 1 fully saturated rings. The van der Waals surface area contributed by atoms with Crippen molar-refractivity contribution in [1.29, 1.82) is 0 Å². The van der Waals surface area contributed by atoms with E-state index in [1.165, 1.54) is 12.7 Å². The van der Waals surface area contributed by atoms with Gasteiger partial charge in [-0.2, -0.15) is 5.10 Å². The lowest BCUT2D eigenvalue weighted by Crippen LogP contribution is -2.36. The lowest BCUT2D eigenvalue weighted by Gasteiger charge is -2.33. The molecule has 1 atom stereocenters. The molecule has 2 heterocycles. The zero-order valence-electron chi connectivity index (χ0n) is 13.1. The van der Waals surface area contributed by atoms with Gasteiger partial charge in [-0.25, -0.2) is 4.39 Å². The minimum Gasteiger partial charge on any atom is -0.494 e. The van der Waals surface area contributed by atoms with Gasteiger partial charge in [0.2, 0.25) is 0 Å². The van der Waals surface area contributed by atoms with Crippen molar-refractivity contribution in [3.63, 3.8) is 0 Å². The van der Waals surface area contributed by atoms with Crippen LogP contribution in [-0.2, 0) is 6.54 Å². The first kappa shape index (κ1) is 15.0. The van der Waals surface area contributed by atoms with Gasteiger partial charge < -0.3 is 4.74 Å². The molecule has 0 amide bonds. The fourth-order valence-corrected chi connectivity index (χ4v) is 3.10. The van der Waals surface area contributed by atoms with E-state index in [0.717, 1.165) is 25.9 Å². The Hall–Kier alpha value is -1.88. The number of benzene rings is 1. The van der Waals surface area contributed by atoms with Gasteiger partial charge in [-0.1, -0.05) is 12.1 Å². The van der Waals surface area contributed by atoms with Gasteiger partial charge in [0.15, 0.2) is 11.6 Å². The summed E-state index contributed by atoms with van der Waals surface area (Å²) >= 11 is 0. The van der Waals surface area contributed by atoms with Crippen molar-refractivity contribution >= 4 is 0 Å². The summed E-state index contributed by atoms with van der Waals surface area (Å²) < 4.78 is 21.4. The number of halogens is 1. The first-order valence-electron chi connectivity index (χ1n) is 7.72. The van der Waals surface area contributed by atoms with Gasteiger partial charge in [-0.15, -0.1) is 0 Å². The molecule has 0 aliphatic carbocycles. The first-order valence-corrected chi connectivity index (χ1v) is 7.72. The monoisotopic (exact) mass is 303 g/mol. The minimum absolute atomic E-state index is 0.248. The minimum atomic E-state index is -0.248. The van der Waals surface area contributed by atoms with E-state index in [1.54, 1.807) is 6.07 Å². The summed E-state index contributed by atoms with van der Waals surface area (Å²) in [7, 11) is 1.50. The average molecular weight is 303 g/mol. The quantitative estimate of drug-likeness (QED) is 0.869. The Kier molecular flexibility index (Phi) is 4.43. The summed E-state index contributed by atoms with van der Waals surface area (Å²) in [4.78, 5) is 2.29. The standard InChI is InChI=1S/C17H22FN3O/c1-13-9-19-21(10-13)15-6-4-8-20(12-15)11-14-5-3-7-16(22-2)17(14)18/h3,5,7,9-10,15H,4,6,8,11-12H2,1-2H3/t15-/m1/s1. The normalized spacial score (nSPS) is 19.3. The van der Waals surface area contributed by atoms with Crippen molar-refractivity contribution in [2.24, 2.45) is 0 Å². The van der Waals surface area contributed by atoms with Crippen LogP contribution in [0.1, 0.15) is 30.0 Å². The van der Waals surface area contributed by atoms with Crippen molar-refractivity contribution in [2.75, 3.05) is 20.2 Å². The molecule has 1 aromatic carbocycles. The molecule has 0 unspecified atom stereocenters. The highest BCUT2D eigenvalue weighted by atomic mass is 19.1. The SMILES string of the molecule is COc1cccc(CN2CCC[C@@H](n3cc(C)cn3)C2)c1F. The predicted octanol–water partition coefficient (Wildman–Crippen LogP) is 3.18. The third-order valence-electron chi connectivity index (χ3n) is 4.24. The molecule has 0 radical (unpaired) electrons. The van der Waals surface area contributed by atoms with Gasteiger partial charge in [-0.3, -0.25) is 9.58 Å². The Bertz CT molecular complexity index is 641. The van der Waals surface area contributed by atoms with E-state index in [9.17, 15) is 4.39 Å². The molecular weight excluding hydrogens is 281 g/mol. The van der Waals surface area contributed by atoms with Crippen LogP contribution in [-0.4, -0.2) is 34.9 Å². The van der Waals surface area contributed by atoms with Crippen molar-refractivity contribution in [1.82, 2.24) is 14.7 Å². The average Bonchev–Trinajstić information content (AvgIpc) is 2.96. The Morgan fingerprint density at radius 2 is 2.27 bits per heavy atom. The first-order chi connectivity index (χ1) is 10.7. The van der Waals surface area contributed by atoms with Crippen LogP contribution < -0.4 is 4.74 Å². The maximum atomic E-state index is 14.3. The van der Waals surface area contributed by atoms with Crippen LogP contribution in [0.5, 0.6) is 5.75 Å². The molecule has 1 aliphatic rings. The second-order valence-electron chi connectivity index (χ2n) is 5.96. The third kappa shape index (κ3) is 3.14. The zero-order chi connectivity index (χ0) is 15.5. The van der Waals surface area contributed by atoms with E-state index in [0.29, 0.717) is 23.9 Å². The topological polar surface area (TPSA) is 30.3 Å². The summed E-state index contributed by atoms with van der Waals surface area (Å²) in [6, 6.07) is 5.70. The molecule has 2 aromatic rings. The van der Waals surface area contributed by atoms with Gasteiger partial charge in [0.05, 0.1) is 19.3 Å². The van der Waals surface area contributed by atoms with Crippen LogP contribution >= 0.6 is 0 Å². The number of nitrogens with zero attached hydrogens (tertiary/aromatic N) is 3. The zero-order valence-corrected chi connectivity index (χ0v) is 13.1. The summed E-state index contributed by atoms with van der Waals surface area (Å²) in [6.45, 7) is 4.56. The number of hydrogen-bond acceptors (Lipinski definition) is 3. The number of rotatable bonds is 4. The Morgan fingerprint density at radius 3 is 3.00 bits per heavy atom. The van der Waals surface area contributed by atoms with Crippen molar-refractivity contribution < 1.29 is 9.13 Å². The molecule has 0 spiro atoms. The van der Waals surface area contributed by atoms with Crippen molar-refractivity contribution in [3.05, 3.63) is 47.5 Å². The van der Waals surface area contributed by atoms with Crippen LogP contribution in [0, 0.1) is 12.7 Å². The molecule has 1 aliphatic heterocycles. The third-order valence-corrected chi connectivity index (χ3v) is 4.24. The molecule has 5 heteroatoms. The van der Waals surface area contributed by atoms with Crippen LogP contribution in [0.15, 0.2) is 30.6 Å². The molecule has 3 rings (SSSR count). The maximum absolute atomic E-state index is 14.3. The summed E-state index contributed by atoms with van der Waals surface area (Å²) in [5.74, 6) is 0.0656. The number of ether oxygens (including phenoxy) is 1. The Labute approximate surface area is 130 Å². The summed E-state index contributed by atoms with van der Waals surface area (Å²) in [5, 5.41) is 4.42. The smallest absolute Gasteiger partial charge is 0.169 e. The fraction of sp³-hybridized carbons (Fsp3) is 0.471. The second kappa shape index (κ2) is 6.48. The molecular formula is C17H22FN3O. The lowest BCUT2D eigenvalue weighted by atomic mass is 10.0. The van der Waals surface area contributed by atoms with Crippen LogP contribution in [0.3, 0.4) is 0 Å². The van der Waals surface area contributed by atoms with Crippen molar-refractivity contribution in [2.45, 2.75) is 32.4 Å². The number of aryl methyl sites for hydroxylation is 1. The molecule has 22 heavy (non-hydrogen) atoms. The van der Waals surface area contributed by atoms with Gasteiger partial charge in [0.1, 0.15) is 0 Å². The highest BCUT2D eigenvalue weighted by Gasteiger charge is 2.23. The van der Waals surface area contributed by atoms with E-state index in [1.807, 2.05) is 23.0 Å². The van der Waals surface area contributed by atoms with E-state index in [-0.39, 0.29) is 5.82 Å². The van der Waals surface area contributed by atoms with Gasteiger partial charge in [0.25, 0.3) is 0 Å². The highest BCUT2D eigenvalue weighted by Crippen LogP contribution is 2.25. The van der Waals surface area contributed by atoms with Crippen LogP contribution in [0.25, 0.3) is 0 Å². The van der Waals surface area contributed by atoms with Gasteiger partial charge in [0, 0.05) is 24.8 Å². The Morgan fingerprint density at radius 1 is 1.41 bits per heavy atom. The van der Waals surface area contributed by atoms with Gasteiger partial charge in [-0.05, 0) is 37.9 Å². The molecule has 0 bridgehead atoms. The van der Waals surface area contributed by atoms with Crippen molar-refractivity contribution in [3.8, 4) is 5.75 Å². The van der Waals surface area contributed by atoms with E-state index in [2.05, 4.69) is 23.1 Å². The molecule has 4 nitrogen and oxygen atoms in total. The second-order valence-corrected chi connectivity index (χ2v) is 5.96. The molecule has 1 saturated heterocycles. The molecule has 0 N–H and O–H groups in total. The van der Waals surface area contributed by atoms with E-state index in [4.69, 9.17) is 4.74 Å². The lowest BCUT2D eigenvalue weighted by molar-refractivity contribution is 0.161. The number of hydrogen-bond donors (Lipinski definition) is 0. The predicted molar refractivity (Wildman–Crippen MR) is 83.5 cm³/mol. The van der Waals surface area contributed by atoms with E-state index < -0.39 is 0 Å². The number of likely N-dealkylation sites (tertiary alicyclic amines) is 1. The fourth-order valence-electron chi connectivity index (χ4n) is 3.10. The van der Waals surface area contributed by atoms with E-state index >= 15 is 0 Å². The number of piperidine rings is 1. The maximum Gasteiger partial charge on any atom is 0.169 e. The largest absolute Gasteiger partial charge is 0.494 e. The molecule has 118 valence electrons. The van der Waals surface area contributed by atoms with Crippen LogP contribution in [0.2, 0.25) is 0 Å². The highest BCUT2D eigenvalue weighted by molar-refractivity contribution is 5.31. The van der Waals surface area contributed by atoms with Crippen LogP contribution in [0.4, 0.5) is 4.39 Å². The number of aromatic nitrogens is 2. The summed E-state index contributed by atoms with van der Waals surface area (Å²) in [6.07, 6.45) is 6.20. The molecule has 0 saturated carbocycles. The molecule has 1 aromatic heterocycles. The van der Waals surface area contributed by atoms with Gasteiger partial charge >= 0.3 is 0 Å². The summed E-state index contributed by atoms with van der Waals surface area (Å²) in [5.41, 5.74) is 1.87. The number of methoxy groups -OCH3 is 1.